The quantitative estimate of drug-likeness (QED) is 0.185. The topological polar surface area (TPSA) is 62.6 Å². The molecular weight excluding hydrogens is 579 g/mol. The summed E-state index contributed by atoms with van der Waals surface area (Å²) in [5.74, 6) is 1.03. The lowest BCUT2D eigenvalue weighted by Crippen LogP contribution is -2.27. The number of thiocarbonyl (C=S) groups is 1. The molecule has 1 aliphatic rings. The van der Waals surface area contributed by atoms with E-state index in [4.69, 9.17) is 21.7 Å². The monoisotopic (exact) mass is 598 g/mol. The highest BCUT2D eigenvalue weighted by Crippen LogP contribution is 2.38. The molecule has 3 aromatic rings. The molecule has 8 heteroatoms. The van der Waals surface area contributed by atoms with Crippen LogP contribution in [-0.4, -0.2) is 22.2 Å². The van der Waals surface area contributed by atoms with Crippen molar-refractivity contribution in [1.82, 2.24) is 4.90 Å². The van der Waals surface area contributed by atoms with Crippen LogP contribution in [0, 0.1) is 14.9 Å². The van der Waals surface area contributed by atoms with Crippen LogP contribution < -0.4 is 9.47 Å². The minimum Gasteiger partial charge on any atom is -0.493 e. The summed E-state index contributed by atoms with van der Waals surface area (Å²) in [7, 11) is 1.57. The molecule has 1 aliphatic heterocycles. The van der Waals surface area contributed by atoms with Crippen molar-refractivity contribution in [2.45, 2.75) is 13.2 Å². The lowest BCUT2D eigenvalue weighted by molar-refractivity contribution is -0.122. The van der Waals surface area contributed by atoms with Crippen LogP contribution in [0.5, 0.6) is 11.5 Å². The summed E-state index contributed by atoms with van der Waals surface area (Å²) in [5, 5.41) is 9.30. The number of nitriles is 1. The van der Waals surface area contributed by atoms with E-state index < -0.39 is 0 Å². The molecule has 3 aromatic carbocycles. The van der Waals surface area contributed by atoms with E-state index in [1.54, 1.807) is 18.1 Å². The zero-order valence-corrected chi connectivity index (χ0v) is 21.9. The number of benzene rings is 3. The molecule has 0 aliphatic carbocycles. The van der Waals surface area contributed by atoms with Crippen molar-refractivity contribution in [3.8, 4) is 17.6 Å². The Balaban J connectivity index is 1.55. The summed E-state index contributed by atoms with van der Waals surface area (Å²) in [6.07, 6.45) is 1.82. The molecule has 0 atom stereocenters. The Bertz CT molecular complexity index is 1320. The number of methoxy groups -OCH3 is 1. The maximum absolute atomic E-state index is 13.0. The number of amides is 1. The van der Waals surface area contributed by atoms with Gasteiger partial charge in [0.2, 0.25) is 0 Å². The van der Waals surface area contributed by atoms with Gasteiger partial charge in [-0.25, -0.2) is 0 Å². The number of hydrogen-bond donors (Lipinski definition) is 0. The van der Waals surface area contributed by atoms with Gasteiger partial charge < -0.3 is 9.47 Å². The first-order chi connectivity index (χ1) is 16.5. The maximum Gasteiger partial charge on any atom is 0.266 e. The van der Waals surface area contributed by atoms with Crippen molar-refractivity contribution >= 4 is 62.9 Å². The molecule has 170 valence electrons. The number of rotatable bonds is 7. The molecule has 5 nitrogen and oxygen atoms in total. The van der Waals surface area contributed by atoms with Crippen LogP contribution in [0.2, 0.25) is 0 Å². The Morgan fingerprint density at radius 1 is 1.15 bits per heavy atom. The highest BCUT2D eigenvalue weighted by molar-refractivity contribution is 14.1. The number of carbonyl (C=O) groups is 1. The van der Waals surface area contributed by atoms with E-state index >= 15 is 0 Å². The number of ether oxygens (including phenoxy) is 2. The predicted molar refractivity (Wildman–Crippen MR) is 146 cm³/mol. The van der Waals surface area contributed by atoms with Crippen molar-refractivity contribution in [2.24, 2.45) is 0 Å². The van der Waals surface area contributed by atoms with Gasteiger partial charge in [0.1, 0.15) is 10.9 Å². The molecule has 1 heterocycles. The number of hydrogen-bond acceptors (Lipinski definition) is 6. The Hall–Kier alpha value is -2.87. The van der Waals surface area contributed by atoms with Gasteiger partial charge in [-0.05, 0) is 58.0 Å². The standard InChI is InChI=1S/C26H19IN2O3S2/c1-31-22-12-18(11-21(27)24(22)32-16-20-10-6-5-9-19(20)14-28)13-23-25(30)29(26(33)34-23)15-17-7-3-2-4-8-17/h2-13H,15-16H2,1H3/b23-13+. The Kier molecular flexibility index (Phi) is 7.88. The second kappa shape index (κ2) is 11.0. The SMILES string of the molecule is COc1cc(/C=C2/SC(=S)N(Cc3ccccc3)C2=O)cc(I)c1OCc1ccccc1C#N. The van der Waals surface area contributed by atoms with E-state index in [1.807, 2.05) is 66.7 Å². The van der Waals surface area contributed by atoms with Gasteiger partial charge >= 0.3 is 0 Å². The minimum absolute atomic E-state index is 0.110. The van der Waals surface area contributed by atoms with Crippen LogP contribution in [0.1, 0.15) is 22.3 Å². The van der Waals surface area contributed by atoms with E-state index in [2.05, 4.69) is 28.7 Å². The third-order valence-electron chi connectivity index (χ3n) is 5.12. The lowest BCUT2D eigenvalue weighted by Gasteiger charge is -2.15. The molecule has 34 heavy (non-hydrogen) atoms. The van der Waals surface area contributed by atoms with Gasteiger partial charge in [-0.3, -0.25) is 9.69 Å². The first-order valence-corrected chi connectivity index (χ1v) is 12.6. The Morgan fingerprint density at radius 3 is 2.62 bits per heavy atom. The summed E-state index contributed by atoms with van der Waals surface area (Å²) in [6.45, 7) is 0.689. The van der Waals surface area contributed by atoms with Crippen LogP contribution in [0.15, 0.2) is 71.6 Å². The van der Waals surface area contributed by atoms with Crippen molar-refractivity contribution < 1.29 is 14.3 Å². The van der Waals surface area contributed by atoms with E-state index in [9.17, 15) is 10.1 Å². The Morgan fingerprint density at radius 2 is 1.88 bits per heavy atom. The zero-order valence-electron chi connectivity index (χ0n) is 18.2. The first kappa shape index (κ1) is 24.3. The van der Waals surface area contributed by atoms with Crippen molar-refractivity contribution in [1.29, 1.82) is 5.26 Å². The molecule has 0 bridgehead atoms. The van der Waals surface area contributed by atoms with Gasteiger partial charge in [0, 0.05) is 5.56 Å². The molecule has 0 radical (unpaired) electrons. The number of nitrogens with zero attached hydrogens (tertiary/aromatic N) is 2. The average Bonchev–Trinajstić information content (AvgIpc) is 3.11. The number of thioether (sulfide) groups is 1. The summed E-state index contributed by atoms with van der Waals surface area (Å²) in [4.78, 5) is 15.2. The van der Waals surface area contributed by atoms with Crippen molar-refractivity contribution in [2.75, 3.05) is 7.11 Å². The van der Waals surface area contributed by atoms with E-state index in [-0.39, 0.29) is 12.5 Å². The van der Waals surface area contributed by atoms with Crippen molar-refractivity contribution in [3.63, 3.8) is 0 Å². The molecule has 0 aromatic heterocycles. The van der Waals surface area contributed by atoms with Crippen LogP contribution in [0.4, 0.5) is 0 Å². The fourth-order valence-corrected chi connectivity index (χ4v) is 5.46. The first-order valence-electron chi connectivity index (χ1n) is 10.3. The highest BCUT2D eigenvalue weighted by atomic mass is 127. The molecule has 1 amide bonds. The molecule has 1 fully saturated rings. The zero-order chi connectivity index (χ0) is 24.1. The predicted octanol–water partition coefficient (Wildman–Crippen LogP) is 6.15. The van der Waals surface area contributed by atoms with E-state index in [1.165, 1.54) is 11.8 Å². The van der Waals surface area contributed by atoms with Gasteiger partial charge in [-0.1, -0.05) is 72.5 Å². The lowest BCUT2D eigenvalue weighted by atomic mass is 10.1. The fraction of sp³-hybridized carbons (Fsp3) is 0.115. The second-order valence-electron chi connectivity index (χ2n) is 7.35. The summed E-state index contributed by atoms with van der Waals surface area (Å²) in [6, 6.07) is 23.0. The van der Waals surface area contributed by atoms with Crippen LogP contribution >= 0.6 is 46.6 Å². The fourth-order valence-electron chi connectivity index (χ4n) is 3.42. The third kappa shape index (κ3) is 5.43. The highest BCUT2D eigenvalue weighted by Gasteiger charge is 2.32. The molecule has 4 rings (SSSR count). The van der Waals surface area contributed by atoms with Gasteiger partial charge in [0.05, 0.1) is 33.8 Å². The molecular formula is C26H19IN2O3S2. The van der Waals surface area contributed by atoms with Crippen LogP contribution in [-0.2, 0) is 17.9 Å². The van der Waals surface area contributed by atoms with E-state index in [0.717, 1.165) is 20.3 Å². The molecule has 0 spiro atoms. The van der Waals surface area contributed by atoms with Gasteiger partial charge in [-0.2, -0.15) is 5.26 Å². The largest absolute Gasteiger partial charge is 0.493 e. The molecule has 0 N–H and O–H groups in total. The normalized spacial score (nSPS) is 14.4. The molecule has 0 saturated carbocycles. The number of halogens is 1. The van der Waals surface area contributed by atoms with Gasteiger partial charge in [0.25, 0.3) is 5.91 Å². The number of carbonyl (C=O) groups excluding carboxylic acids is 1. The van der Waals surface area contributed by atoms with Crippen molar-refractivity contribution in [3.05, 3.63) is 97.5 Å². The Labute approximate surface area is 221 Å². The third-order valence-corrected chi connectivity index (χ3v) is 7.30. The maximum atomic E-state index is 13.0. The van der Waals surface area contributed by atoms with Gasteiger partial charge in [0.15, 0.2) is 11.5 Å². The van der Waals surface area contributed by atoms with Gasteiger partial charge in [-0.15, -0.1) is 0 Å². The second-order valence-corrected chi connectivity index (χ2v) is 10.2. The summed E-state index contributed by atoms with van der Waals surface area (Å²) < 4.78 is 13.0. The van der Waals surface area contributed by atoms with E-state index in [0.29, 0.717) is 32.8 Å². The summed E-state index contributed by atoms with van der Waals surface area (Å²) >= 11 is 8.94. The molecule has 1 saturated heterocycles. The van der Waals surface area contributed by atoms with Crippen LogP contribution in [0.3, 0.4) is 0 Å². The minimum atomic E-state index is -0.110. The smallest absolute Gasteiger partial charge is 0.266 e. The molecule has 0 unspecified atom stereocenters. The average molecular weight is 598 g/mol. The van der Waals surface area contributed by atoms with Crippen LogP contribution in [0.25, 0.3) is 6.08 Å². The summed E-state index contributed by atoms with van der Waals surface area (Å²) in [5.41, 5.74) is 3.21.